The van der Waals surface area contributed by atoms with E-state index in [1.807, 2.05) is 19.1 Å². The molecule has 1 unspecified atom stereocenters. The number of thiazole rings is 1. The van der Waals surface area contributed by atoms with Gasteiger partial charge in [0.2, 0.25) is 0 Å². The first-order valence-electron chi connectivity index (χ1n) is 9.28. The SMILES string of the molecule is CCNC(=NCc1nc(C(F)(F)F)cs1)NCC(c1ccco1)N1CCCC1.I. The molecule has 162 valence electrons. The van der Waals surface area contributed by atoms with Gasteiger partial charge in [0.05, 0.1) is 18.8 Å². The number of furan rings is 1. The third-order valence-electron chi connectivity index (χ3n) is 4.47. The summed E-state index contributed by atoms with van der Waals surface area (Å²) < 4.78 is 43.7. The highest BCUT2D eigenvalue weighted by molar-refractivity contribution is 14.0. The minimum Gasteiger partial charge on any atom is -0.468 e. The average molecular weight is 543 g/mol. The molecule has 1 saturated heterocycles. The van der Waals surface area contributed by atoms with Crippen molar-refractivity contribution < 1.29 is 17.6 Å². The summed E-state index contributed by atoms with van der Waals surface area (Å²) in [6.07, 6.45) is -0.431. The monoisotopic (exact) mass is 543 g/mol. The molecule has 2 aromatic heterocycles. The van der Waals surface area contributed by atoms with Crippen molar-refractivity contribution in [1.82, 2.24) is 20.5 Å². The van der Waals surface area contributed by atoms with E-state index in [4.69, 9.17) is 4.42 Å². The summed E-state index contributed by atoms with van der Waals surface area (Å²) in [5.74, 6) is 1.43. The van der Waals surface area contributed by atoms with Crippen molar-refractivity contribution in [2.45, 2.75) is 38.5 Å². The molecular weight excluding hydrogens is 518 g/mol. The minimum atomic E-state index is -4.42. The molecule has 2 N–H and O–H groups in total. The van der Waals surface area contributed by atoms with Gasteiger partial charge in [-0.2, -0.15) is 13.2 Å². The summed E-state index contributed by atoms with van der Waals surface area (Å²) in [5.41, 5.74) is -0.868. The lowest BCUT2D eigenvalue weighted by Gasteiger charge is -2.26. The second-order valence-corrected chi connectivity index (χ2v) is 7.42. The first-order chi connectivity index (χ1) is 13.5. The van der Waals surface area contributed by atoms with Crippen LogP contribution in [0.4, 0.5) is 13.2 Å². The Morgan fingerprint density at radius 3 is 2.69 bits per heavy atom. The van der Waals surface area contributed by atoms with Gasteiger partial charge in [0, 0.05) is 18.5 Å². The molecule has 0 saturated carbocycles. The van der Waals surface area contributed by atoms with Crippen LogP contribution in [0.1, 0.15) is 42.3 Å². The van der Waals surface area contributed by atoms with Crippen LogP contribution in [-0.2, 0) is 12.7 Å². The first kappa shape index (κ1) is 23.9. The Hall–Kier alpha value is -1.34. The number of guanidine groups is 1. The second kappa shape index (κ2) is 11.2. The molecule has 3 heterocycles. The van der Waals surface area contributed by atoms with Crippen LogP contribution in [0.15, 0.2) is 33.2 Å². The topological polar surface area (TPSA) is 65.7 Å². The molecular formula is C18H25F3IN5OS. The van der Waals surface area contributed by atoms with Crippen molar-refractivity contribution in [1.29, 1.82) is 0 Å². The van der Waals surface area contributed by atoms with E-state index in [0.29, 0.717) is 24.1 Å². The van der Waals surface area contributed by atoms with Gasteiger partial charge in [0.25, 0.3) is 0 Å². The van der Waals surface area contributed by atoms with Gasteiger partial charge in [-0.3, -0.25) is 4.90 Å². The van der Waals surface area contributed by atoms with Gasteiger partial charge in [-0.1, -0.05) is 0 Å². The molecule has 11 heteroatoms. The first-order valence-corrected chi connectivity index (χ1v) is 10.2. The zero-order chi connectivity index (χ0) is 20.0. The van der Waals surface area contributed by atoms with Crippen LogP contribution in [0.5, 0.6) is 0 Å². The van der Waals surface area contributed by atoms with Crippen LogP contribution in [0.3, 0.4) is 0 Å². The predicted molar refractivity (Wildman–Crippen MR) is 118 cm³/mol. The summed E-state index contributed by atoms with van der Waals surface area (Å²) in [6.45, 7) is 5.29. The van der Waals surface area contributed by atoms with Gasteiger partial charge < -0.3 is 15.1 Å². The normalized spacial score (nSPS) is 16.5. The van der Waals surface area contributed by atoms with E-state index >= 15 is 0 Å². The third kappa shape index (κ3) is 6.85. The Morgan fingerprint density at radius 2 is 2.10 bits per heavy atom. The standard InChI is InChI=1S/C18H24F3N5OS.HI/c1-2-22-17(24-11-16-25-15(12-28-16)18(19,20)21)23-10-13(14-6-5-9-27-14)26-7-3-4-8-26;/h5-6,9,12-13H,2-4,7-8,10-11H2,1H3,(H2,22,23,24);1H. The highest BCUT2D eigenvalue weighted by atomic mass is 127. The molecule has 1 aliphatic heterocycles. The van der Waals surface area contributed by atoms with Gasteiger partial charge >= 0.3 is 6.18 Å². The number of hydrogen-bond donors (Lipinski definition) is 2. The van der Waals surface area contributed by atoms with Crippen molar-refractivity contribution >= 4 is 41.3 Å². The summed E-state index contributed by atoms with van der Waals surface area (Å²) in [4.78, 5) is 10.4. The summed E-state index contributed by atoms with van der Waals surface area (Å²) in [6, 6.07) is 3.92. The molecule has 6 nitrogen and oxygen atoms in total. The van der Waals surface area contributed by atoms with Crippen LogP contribution < -0.4 is 10.6 Å². The fourth-order valence-electron chi connectivity index (χ4n) is 3.14. The van der Waals surface area contributed by atoms with E-state index in [1.54, 1.807) is 6.26 Å². The quantitative estimate of drug-likeness (QED) is 0.311. The van der Waals surface area contributed by atoms with E-state index in [0.717, 1.165) is 48.4 Å². The van der Waals surface area contributed by atoms with Crippen molar-refractivity contribution in [2.75, 3.05) is 26.2 Å². The number of aromatic nitrogens is 1. The Balaban J connectivity index is 0.00000300. The number of nitrogens with zero attached hydrogens (tertiary/aromatic N) is 3. The lowest BCUT2D eigenvalue weighted by atomic mass is 10.2. The molecule has 0 radical (unpaired) electrons. The van der Waals surface area contributed by atoms with Gasteiger partial charge in [-0.05, 0) is 45.0 Å². The maximum absolute atomic E-state index is 12.7. The van der Waals surface area contributed by atoms with Crippen molar-refractivity contribution in [3.63, 3.8) is 0 Å². The van der Waals surface area contributed by atoms with Crippen molar-refractivity contribution in [3.05, 3.63) is 40.2 Å². The Bertz CT molecular complexity index is 760. The molecule has 0 spiro atoms. The fraction of sp³-hybridized carbons (Fsp3) is 0.556. The second-order valence-electron chi connectivity index (χ2n) is 6.47. The van der Waals surface area contributed by atoms with Crippen molar-refractivity contribution in [3.8, 4) is 0 Å². The minimum absolute atomic E-state index is 0. The number of likely N-dealkylation sites (tertiary alicyclic amines) is 1. The summed E-state index contributed by atoms with van der Waals surface area (Å²) in [5, 5.41) is 7.76. The van der Waals surface area contributed by atoms with Crippen LogP contribution in [0.25, 0.3) is 0 Å². The number of halogens is 4. The van der Waals surface area contributed by atoms with E-state index in [2.05, 4.69) is 25.5 Å². The molecule has 2 aromatic rings. The third-order valence-corrected chi connectivity index (χ3v) is 5.31. The number of alkyl halides is 3. The Labute approximate surface area is 189 Å². The Kier molecular flexibility index (Phi) is 9.21. The molecule has 1 atom stereocenters. The molecule has 0 bridgehead atoms. The van der Waals surface area contributed by atoms with E-state index in [9.17, 15) is 13.2 Å². The van der Waals surface area contributed by atoms with Crippen molar-refractivity contribution in [2.24, 2.45) is 4.99 Å². The van der Waals surface area contributed by atoms with Gasteiger partial charge in [-0.15, -0.1) is 35.3 Å². The summed E-state index contributed by atoms with van der Waals surface area (Å²) in [7, 11) is 0. The van der Waals surface area contributed by atoms with Crippen LogP contribution in [-0.4, -0.2) is 42.0 Å². The number of nitrogens with one attached hydrogen (secondary N) is 2. The van der Waals surface area contributed by atoms with Crippen LogP contribution >= 0.6 is 35.3 Å². The number of aliphatic imine (C=N–C) groups is 1. The van der Waals surface area contributed by atoms with E-state index in [1.165, 1.54) is 0 Å². The van der Waals surface area contributed by atoms with Gasteiger partial charge in [0.1, 0.15) is 10.8 Å². The fourth-order valence-corrected chi connectivity index (χ4v) is 3.86. The van der Waals surface area contributed by atoms with E-state index < -0.39 is 11.9 Å². The predicted octanol–water partition coefficient (Wildman–Crippen LogP) is 4.27. The summed E-state index contributed by atoms with van der Waals surface area (Å²) >= 11 is 0.962. The largest absolute Gasteiger partial charge is 0.468 e. The Morgan fingerprint density at radius 1 is 1.34 bits per heavy atom. The smallest absolute Gasteiger partial charge is 0.434 e. The van der Waals surface area contributed by atoms with Gasteiger partial charge in [-0.25, -0.2) is 9.98 Å². The maximum Gasteiger partial charge on any atom is 0.434 e. The molecule has 0 amide bonds. The van der Waals surface area contributed by atoms with E-state index in [-0.39, 0.29) is 36.6 Å². The lowest BCUT2D eigenvalue weighted by Crippen LogP contribution is -2.42. The molecule has 0 aliphatic carbocycles. The van der Waals surface area contributed by atoms with Crippen LogP contribution in [0, 0.1) is 0 Å². The molecule has 1 fully saturated rings. The zero-order valence-corrected chi connectivity index (χ0v) is 19.2. The van der Waals surface area contributed by atoms with Crippen LogP contribution in [0.2, 0.25) is 0 Å². The zero-order valence-electron chi connectivity index (χ0n) is 16.0. The highest BCUT2D eigenvalue weighted by Gasteiger charge is 2.33. The molecule has 29 heavy (non-hydrogen) atoms. The molecule has 1 aliphatic rings. The number of hydrogen-bond acceptors (Lipinski definition) is 5. The molecule has 0 aromatic carbocycles. The van der Waals surface area contributed by atoms with Gasteiger partial charge in [0.15, 0.2) is 11.7 Å². The maximum atomic E-state index is 12.7. The lowest BCUT2D eigenvalue weighted by molar-refractivity contribution is -0.140. The average Bonchev–Trinajstić information content (AvgIpc) is 3.41. The molecule has 3 rings (SSSR count). The highest BCUT2D eigenvalue weighted by Crippen LogP contribution is 2.30. The number of rotatable bonds is 7.